The second-order valence-corrected chi connectivity index (χ2v) is 6.87. The monoisotopic (exact) mass is 352 g/mol. The maximum atomic E-state index is 12.8. The Kier molecular flexibility index (Phi) is 4.73. The van der Waals surface area contributed by atoms with E-state index >= 15 is 0 Å². The number of carbonyl (C=O) groups is 1. The summed E-state index contributed by atoms with van der Waals surface area (Å²) in [4.78, 5) is 14.8. The number of aryl methyl sites for hydroxylation is 1. The Labute approximate surface area is 152 Å². The number of piperidine rings is 1. The number of amides is 1. The smallest absolute Gasteiger partial charge is 0.264 e. The number of likely N-dealkylation sites (tertiary alicyclic amines) is 1. The second kappa shape index (κ2) is 7.32. The zero-order chi connectivity index (χ0) is 17.9. The van der Waals surface area contributed by atoms with Gasteiger partial charge in [0.1, 0.15) is 12.2 Å². The molecule has 6 heteroatoms. The quantitative estimate of drug-likeness (QED) is 0.703. The van der Waals surface area contributed by atoms with Crippen LogP contribution in [0.15, 0.2) is 34.7 Å². The Hall–Kier alpha value is -2.63. The van der Waals surface area contributed by atoms with Gasteiger partial charge in [-0.05, 0) is 37.8 Å². The third kappa shape index (κ3) is 3.23. The van der Waals surface area contributed by atoms with Gasteiger partial charge in [0.15, 0.2) is 0 Å². The average molecular weight is 352 g/mol. The van der Waals surface area contributed by atoms with Gasteiger partial charge in [-0.15, -0.1) is 10.2 Å². The number of nitrogens with zero attached hydrogens (tertiary/aromatic N) is 4. The minimum Gasteiger partial charge on any atom is -0.419 e. The molecule has 0 aliphatic carbocycles. The highest BCUT2D eigenvalue weighted by atomic mass is 16.4. The highest BCUT2D eigenvalue weighted by molar-refractivity contribution is 5.88. The van der Waals surface area contributed by atoms with Crippen LogP contribution in [-0.4, -0.2) is 38.7 Å². The fourth-order valence-electron chi connectivity index (χ4n) is 3.61. The first-order chi connectivity index (χ1) is 12.8. The molecule has 0 unspecified atom stereocenters. The van der Waals surface area contributed by atoms with E-state index in [0.717, 1.165) is 55.4 Å². The predicted molar refractivity (Wildman–Crippen MR) is 99.7 cm³/mol. The lowest BCUT2D eigenvalue weighted by molar-refractivity contribution is -0.132. The summed E-state index contributed by atoms with van der Waals surface area (Å²) in [7, 11) is 0. The Morgan fingerprint density at radius 2 is 1.96 bits per heavy atom. The number of carbonyl (C=O) groups excluding carboxylic acids is 1. The van der Waals surface area contributed by atoms with E-state index in [1.807, 2.05) is 39.8 Å². The van der Waals surface area contributed by atoms with Crippen molar-refractivity contribution in [2.45, 2.75) is 45.6 Å². The molecule has 0 spiro atoms. The van der Waals surface area contributed by atoms with Gasteiger partial charge in [0.25, 0.3) is 5.89 Å². The molecule has 2 aromatic heterocycles. The third-order valence-corrected chi connectivity index (χ3v) is 4.96. The molecule has 6 nitrogen and oxygen atoms in total. The molecule has 1 aliphatic rings. The molecule has 3 aromatic rings. The lowest BCUT2D eigenvalue weighted by Gasteiger charge is -2.27. The van der Waals surface area contributed by atoms with Gasteiger partial charge in [-0.3, -0.25) is 4.79 Å². The third-order valence-electron chi connectivity index (χ3n) is 4.96. The number of rotatable bonds is 5. The topological polar surface area (TPSA) is 64.2 Å². The van der Waals surface area contributed by atoms with Crippen LogP contribution in [-0.2, 0) is 17.8 Å². The molecule has 1 aliphatic heterocycles. The van der Waals surface area contributed by atoms with Crippen molar-refractivity contribution in [3.8, 4) is 11.6 Å². The summed E-state index contributed by atoms with van der Waals surface area (Å²) in [5, 5.41) is 9.43. The number of hydrogen-bond donors (Lipinski definition) is 0. The van der Waals surface area contributed by atoms with E-state index in [-0.39, 0.29) is 5.91 Å². The SMILES string of the molecule is CCCc1nnc(-c2cc3ccccc3n2CC(=O)N2CCCCC2)o1. The molecule has 1 fully saturated rings. The van der Waals surface area contributed by atoms with E-state index in [9.17, 15) is 4.79 Å². The average Bonchev–Trinajstić information content (AvgIpc) is 3.28. The molecular weight excluding hydrogens is 328 g/mol. The molecule has 26 heavy (non-hydrogen) atoms. The highest BCUT2D eigenvalue weighted by Gasteiger charge is 2.21. The van der Waals surface area contributed by atoms with Gasteiger partial charge in [-0.1, -0.05) is 25.1 Å². The summed E-state index contributed by atoms with van der Waals surface area (Å²) in [6.07, 6.45) is 5.12. The van der Waals surface area contributed by atoms with Crippen molar-refractivity contribution < 1.29 is 9.21 Å². The van der Waals surface area contributed by atoms with Crippen LogP contribution in [0.3, 0.4) is 0 Å². The molecule has 1 saturated heterocycles. The van der Waals surface area contributed by atoms with Gasteiger partial charge in [0.05, 0.1) is 0 Å². The molecule has 0 radical (unpaired) electrons. The molecule has 0 saturated carbocycles. The number of fused-ring (bicyclic) bond motifs is 1. The summed E-state index contributed by atoms with van der Waals surface area (Å²) in [6.45, 7) is 4.09. The van der Waals surface area contributed by atoms with Crippen LogP contribution in [0.25, 0.3) is 22.5 Å². The fraction of sp³-hybridized carbons (Fsp3) is 0.450. The minimum absolute atomic E-state index is 0.153. The van der Waals surface area contributed by atoms with Gasteiger partial charge in [-0.2, -0.15) is 0 Å². The normalized spacial score (nSPS) is 14.9. The van der Waals surface area contributed by atoms with Crippen LogP contribution in [0.1, 0.15) is 38.5 Å². The van der Waals surface area contributed by atoms with Gasteiger partial charge in [0, 0.05) is 30.4 Å². The largest absolute Gasteiger partial charge is 0.419 e. The van der Waals surface area contributed by atoms with Crippen molar-refractivity contribution in [1.82, 2.24) is 19.7 Å². The summed E-state index contributed by atoms with van der Waals surface area (Å²) in [5.74, 6) is 1.28. The second-order valence-electron chi connectivity index (χ2n) is 6.87. The first-order valence-corrected chi connectivity index (χ1v) is 9.45. The summed E-state index contributed by atoms with van der Waals surface area (Å²) in [5.41, 5.74) is 1.83. The molecule has 136 valence electrons. The van der Waals surface area contributed by atoms with E-state index in [0.29, 0.717) is 18.3 Å². The van der Waals surface area contributed by atoms with Crippen LogP contribution in [0.2, 0.25) is 0 Å². The molecule has 0 N–H and O–H groups in total. The summed E-state index contributed by atoms with van der Waals surface area (Å²) >= 11 is 0. The molecule has 0 bridgehead atoms. The fourth-order valence-corrected chi connectivity index (χ4v) is 3.61. The zero-order valence-electron chi connectivity index (χ0n) is 15.1. The maximum absolute atomic E-state index is 12.8. The molecule has 1 aromatic carbocycles. The van der Waals surface area contributed by atoms with Crippen molar-refractivity contribution in [3.63, 3.8) is 0 Å². The van der Waals surface area contributed by atoms with Gasteiger partial charge in [0.2, 0.25) is 11.8 Å². The molecule has 0 atom stereocenters. The van der Waals surface area contributed by atoms with Gasteiger partial charge in [-0.25, -0.2) is 0 Å². The number of aromatic nitrogens is 3. The molecule has 3 heterocycles. The maximum Gasteiger partial charge on any atom is 0.264 e. The molecule has 1 amide bonds. The Bertz CT molecular complexity index is 906. The van der Waals surface area contributed by atoms with Crippen LogP contribution >= 0.6 is 0 Å². The van der Waals surface area contributed by atoms with Crippen molar-refractivity contribution >= 4 is 16.8 Å². The summed E-state index contributed by atoms with van der Waals surface area (Å²) < 4.78 is 7.85. The number of hydrogen-bond acceptors (Lipinski definition) is 4. The minimum atomic E-state index is 0.153. The lowest BCUT2D eigenvalue weighted by Crippen LogP contribution is -2.37. The number of para-hydroxylation sites is 1. The first-order valence-electron chi connectivity index (χ1n) is 9.45. The van der Waals surface area contributed by atoms with E-state index < -0.39 is 0 Å². The van der Waals surface area contributed by atoms with Crippen molar-refractivity contribution in [2.75, 3.05) is 13.1 Å². The van der Waals surface area contributed by atoms with Gasteiger partial charge >= 0.3 is 0 Å². The van der Waals surface area contributed by atoms with E-state index in [1.165, 1.54) is 6.42 Å². The van der Waals surface area contributed by atoms with E-state index in [2.05, 4.69) is 17.1 Å². The Morgan fingerprint density at radius 1 is 1.15 bits per heavy atom. The lowest BCUT2D eigenvalue weighted by atomic mass is 10.1. The highest BCUT2D eigenvalue weighted by Crippen LogP contribution is 2.28. The van der Waals surface area contributed by atoms with Crippen molar-refractivity contribution in [3.05, 3.63) is 36.2 Å². The zero-order valence-corrected chi connectivity index (χ0v) is 15.1. The molecular formula is C20H24N4O2. The van der Waals surface area contributed by atoms with E-state index in [4.69, 9.17) is 4.42 Å². The van der Waals surface area contributed by atoms with Crippen LogP contribution in [0.5, 0.6) is 0 Å². The molecule has 4 rings (SSSR count). The van der Waals surface area contributed by atoms with Crippen LogP contribution in [0.4, 0.5) is 0 Å². The predicted octanol–water partition coefficient (Wildman–Crippen LogP) is 3.66. The van der Waals surface area contributed by atoms with E-state index in [1.54, 1.807) is 0 Å². The number of benzene rings is 1. The first kappa shape index (κ1) is 16.8. The standard InChI is InChI=1S/C20H24N4O2/c1-2-8-18-21-22-20(26-18)17-13-15-9-4-5-10-16(15)24(17)14-19(25)23-11-6-3-7-12-23/h4-5,9-10,13H,2-3,6-8,11-12,14H2,1H3. The van der Waals surface area contributed by atoms with Crippen molar-refractivity contribution in [2.24, 2.45) is 0 Å². The van der Waals surface area contributed by atoms with Crippen LogP contribution < -0.4 is 0 Å². The van der Waals surface area contributed by atoms with Gasteiger partial charge < -0.3 is 13.9 Å². The van der Waals surface area contributed by atoms with Crippen molar-refractivity contribution in [1.29, 1.82) is 0 Å². The Balaban J connectivity index is 1.70. The Morgan fingerprint density at radius 3 is 2.77 bits per heavy atom. The van der Waals surface area contributed by atoms with Crippen LogP contribution in [0, 0.1) is 0 Å². The summed E-state index contributed by atoms with van der Waals surface area (Å²) in [6, 6.07) is 10.1.